The van der Waals surface area contributed by atoms with Gasteiger partial charge in [0.25, 0.3) is 5.91 Å². The predicted molar refractivity (Wildman–Crippen MR) is 87.9 cm³/mol. The van der Waals surface area contributed by atoms with Crippen molar-refractivity contribution in [3.63, 3.8) is 0 Å². The zero-order chi connectivity index (χ0) is 16.2. The number of carbonyl (C=O) groups is 1. The second-order valence-electron chi connectivity index (χ2n) is 5.15. The summed E-state index contributed by atoms with van der Waals surface area (Å²) in [4.78, 5) is 12.4. The summed E-state index contributed by atoms with van der Waals surface area (Å²) in [6.45, 7) is 2.09. The van der Waals surface area contributed by atoms with Gasteiger partial charge in [0.05, 0.1) is 12.2 Å². The topological polar surface area (TPSA) is 71.7 Å². The number of nitrogens with one attached hydrogen (secondary N) is 1. The maximum atomic E-state index is 12.4. The van der Waals surface area contributed by atoms with Gasteiger partial charge in [0.2, 0.25) is 0 Å². The molecule has 1 amide bonds. The molecule has 118 valence electrons. The van der Waals surface area contributed by atoms with Crippen LogP contribution in [0.1, 0.15) is 15.9 Å². The van der Waals surface area contributed by atoms with E-state index in [0.717, 1.165) is 10.9 Å². The van der Waals surface area contributed by atoms with Crippen LogP contribution in [0.2, 0.25) is 0 Å². The number of amides is 1. The molecule has 3 rings (SSSR count). The molecule has 0 aliphatic heterocycles. The van der Waals surface area contributed by atoms with E-state index >= 15 is 0 Å². The van der Waals surface area contributed by atoms with Gasteiger partial charge in [0.15, 0.2) is 0 Å². The van der Waals surface area contributed by atoms with Crippen LogP contribution in [0.25, 0.3) is 11.0 Å². The van der Waals surface area contributed by atoms with Crippen LogP contribution in [0.5, 0.6) is 5.75 Å². The van der Waals surface area contributed by atoms with Crippen LogP contribution < -0.4 is 10.1 Å². The number of hydrogen-bond acceptors (Lipinski definition) is 4. The van der Waals surface area contributed by atoms with Crippen LogP contribution in [0.3, 0.4) is 0 Å². The molecule has 0 saturated heterocycles. The highest BCUT2D eigenvalue weighted by atomic mass is 16.5. The zero-order valence-corrected chi connectivity index (χ0v) is 12.7. The van der Waals surface area contributed by atoms with Gasteiger partial charge in [-0.25, -0.2) is 0 Å². The predicted octanol–water partition coefficient (Wildman–Crippen LogP) is 3.36. The Morgan fingerprint density at radius 1 is 1.26 bits per heavy atom. The molecule has 2 N–H and O–H groups in total. The fourth-order valence-corrected chi connectivity index (χ4v) is 2.40. The molecule has 1 heterocycles. The maximum Gasteiger partial charge on any atom is 0.259 e. The highest BCUT2D eigenvalue weighted by molar-refractivity contribution is 6.12. The number of hydrogen-bond donors (Lipinski definition) is 2. The summed E-state index contributed by atoms with van der Waals surface area (Å²) in [5.74, 6) is 0.462. The van der Waals surface area contributed by atoms with Crippen molar-refractivity contribution in [2.75, 3.05) is 18.5 Å². The lowest BCUT2D eigenvalue weighted by Crippen LogP contribution is -2.11. The third-order valence-electron chi connectivity index (χ3n) is 3.51. The molecule has 5 heteroatoms. The minimum absolute atomic E-state index is 0.0362. The molecule has 1 aromatic heterocycles. The van der Waals surface area contributed by atoms with Crippen molar-refractivity contribution in [2.24, 2.45) is 0 Å². The van der Waals surface area contributed by atoms with Gasteiger partial charge in [-0.2, -0.15) is 0 Å². The number of carbonyl (C=O) groups excluding carboxylic acids is 1. The third kappa shape index (κ3) is 3.19. The molecule has 0 radical (unpaired) electrons. The Morgan fingerprint density at radius 3 is 2.87 bits per heavy atom. The van der Waals surface area contributed by atoms with Crippen LogP contribution >= 0.6 is 0 Å². The number of rotatable bonds is 5. The molecule has 0 unspecified atom stereocenters. The molecule has 0 saturated carbocycles. The van der Waals surface area contributed by atoms with Gasteiger partial charge >= 0.3 is 0 Å². The molecule has 2 aromatic carbocycles. The van der Waals surface area contributed by atoms with Crippen molar-refractivity contribution in [2.45, 2.75) is 6.92 Å². The lowest BCUT2D eigenvalue weighted by atomic mass is 10.1. The molecular formula is C18H17NO4. The summed E-state index contributed by atoms with van der Waals surface area (Å²) < 4.78 is 10.8. The van der Waals surface area contributed by atoms with E-state index in [1.165, 1.54) is 6.26 Å². The number of ether oxygens (including phenoxy) is 1. The van der Waals surface area contributed by atoms with Crippen molar-refractivity contribution in [3.05, 3.63) is 59.9 Å². The Kier molecular flexibility index (Phi) is 4.30. The van der Waals surface area contributed by atoms with Gasteiger partial charge in [-0.1, -0.05) is 18.2 Å². The lowest BCUT2D eigenvalue weighted by Gasteiger charge is -2.10. The normalized spacial score (nSPS) is 10.7. The standard InChI is InChI=1S/C18H17NO4/c1-12-10-13(6-7-16(12)22-9-8-20)19-18(21)15-11-23-17-5-3-2-4-14(15)17/h2-7,10-11,20H,8-9H2,1H3,(H,19,21). The van der Waals surface area contributed by atoms with E-state index in [1.807, 2.05) is 37.3 Å². The third-order valence-corrected chi connectivity index (χ3v) is 3.51. The highest BCUT2D eigenvalue weighted by Crippen LogP contribution is 2.24. The van der Waals surface area contributed by atoms with Gasteiger partial charge in [-0.3, -0.25) is 4.79 Å². The number of aliphatic hydroxyl groups excluding tert-OH is 1. The van der Waals surface area contributed by atoms with Crippen LogP contribution in [0.4, 0.5) is 5.69 Å². The molecule has 0 aliphatic rings. The largest absolute Gasteiger partial charge is 0.491 e. The number of fused-ring (bicyclic) bond motifs is 1. The molecule has 0 spiro atoms. The number of para-hydroxylation sites is 1. The first-order chi connectivity index (χ1) is 11.2. The van der Waals surface area contributed by atoms with Crippen LogP contribution in [-0.2, 0) is 0 Å². The number of anilines is 1. The van der Waals surface area contributed by atoms with Crippen LogP contribution in [0, 0.1) is 6.92 Å². The van der Waals surface area contributed by atoms with Gasteiger partial charge in [-0.05, 0) is 36.8 Å². The first-order valence-corrected chi connectivity index (χ1v) is 7.31. The van der Waals surface area contributed by atoms with Gasteiger partial charge < -0.3 is 19.6 Å². The summed E-state index contributed by atoms with van der Waals surface area (Å²) in [5, 5.41) is 12.4. The van der Waals surface area contributed by atoms with E-state index in [0.29, 0.717) is 22.6 Å². The van der Waals surface area contributed by atoms with Gasteiger partial charge in [-0.15, -0.1) is 0 Å². The molecule has 0 aliphatic carbocycles. The molecule has 0 fully saturated rings. The van der Waals surface area contributed by atoms with Crippen LogP contribution in [-0.4, -0.2) is 24.2 Å². The minimum Gasteiger partial charge on any atom is -0.491 e. The Bertz CT molecular complexity index is 838. The quantitative estimate of drug-likeness (QED) is 0.758. The van der Waals surface area contributed by atoms with Crippen molar-refractivity contribution < 1.29 is 19.1 Å². The number of benzene rings is 2. The summed E-state index contributed by atoms with van der Waals surface area (Å²) >= 11 is 0. The van der Waals surface area contributed by atoms with Crippen molar-refractivity contribution in [3.8, 4) is 5.75 Å². The Balaban J connectivity index is 1.79. The monoisotopic (exact) mass is 311 g/mol. The second kappa shape index (κ2) is 6.54. The summed E-state index contributed by atoms with van der Waals surface area (Å²) in [6.07, 6.45) is 1.46. The Labute approximate surface area is 133 Å². The first kappa shape index (κ1) is 15.1. The SMILES string of the molecule is Cc1cc(NC(=O)c2coc3ccccc23)ccc1OCCO. The summed E-state index contributed by atoms with van der Waals surface area (Å²) in [7, 11) is 0. The van der Waals surface area contributed by atoms with E-state index in [2.05, 4.69) is 5.32 Å². The number of aryl methyl sites for hydroxylation is 1. The van der Waals surface area contributed by atoms with E-state index in [4.69, 9.17) is 14.3 Å². The van der Waals surface area contributed by atoms with Crippen LogP contribution in [0.15, 0.2) is 53.1 Å². The van der Waals surface area contributed by atoms with E-state index in [9.17, 15) is 4.79 Å². The smallest absolute Gasteiger partial charge is 0.259 e. The zero-order valence-electron chi connectivity index (χ0n) is 12.7. The second-order valence-corrected chi connectivity index (χ2v) is 5.15. The van der Waals surface area contributed by atoms with Crippen molar-refractivity contribution >= 4 is 22.6 Å². The molecule has 0 atom stereocenters. The Hall–Kier alpha value is -2.79. The summed E-state index contributed by atoms with van der Waals surface area (Å²) in [5.41, 5.74) is 2.74. The Morgan fingerprint density at radius 2 is 2.09 bits per heavy atom. The minimum atomic E-state index is -0.224. The van der Waals surface area contributed by atoms with Gasteiger partial charge in [0.1, 0.15) is 24.2 Å². The van der Waals surface area contributed by atoms with E-state index in [1.54, 1.807) is 12.1 Å². The molecule has 5 nitrogen and oxygen atoms in total. The number of furan rings is 1. The van der Waals surface area contributed by atoms with Gasteiger partial charge in [0, 0.05) is 11.1 Å². The van der Waals surface area contributed by atoms with E-state index in [-0.39, 0.29) is 19.1 Å². The van der Waals surface area contributed by atoms with Crippen molar-refractivity contribution in [1.82, 2.24) is 0 Å². The average molecular weight is 311 g/mol. The molecule has 23 heavy (non-hydrogen) atoms. The first-order valence-electron chi connectivity index (χ1n) is 7.31. The maximum absolute atomic E-state index is 12.4. The lowest BCUT2D eigenvalue weighted by molar-refractivity contribution is 0.102. The fraction of sp³-hybridized carbons (Fsp3) is 0.167. The number of aliphatic hydroxyl groups is 1. The molecular weight excluding hydrogens is 294 g/mol. The molecule has 3 aromatic rings. The summed E-state index contributed by atoms with van der Waals surface area (Å²) in [6, 6.07) is 12.8. The van der Waals surface area contributed by atoms with Crippen molar-refractivity contribution in [1.29, 1.82) is 0 Å². The average Bonchev–Trinajstić information content (AvgIpc) is 2.98. The molecule has 0 bridgehead atoms. The highest BCUT2D eigenvalue weighted by Gasteiger charge is 2.14. The van der Waals surface area contributed by atoms with E-state index < -0.39 is 0 Å². The fourth-order valence-electron chi connectivity index (χ4n) is 2.40.